The number of nitrogens with zero attached hydrogens (tertiary/aromatic N) is 2. The third kappa shape index (κ3) is 2.06. The molecule has 7 nitrogen and oxygen atoms in total. The monoisotopic (exact) mass is 238 g/mol. The lowest BCUT2D eigenvalue weighted by molar-refractivity contribution is 0.0691. The lowest BCUT2D eigenvalue weighted by atomic mass is 10.5. The van der Waals surface area contributed by atoms with E-state index in [4.69, 9.17) is 5.11 Å². The van der Waals surface area contributed by atoms with Gasteiger partial charge >= 0.3 is 5.97 Å². The number of rotatable bonds is 3. The predicted octanol–water partition coefficient (Wildman–Crippen LogP) is 0.817. The van der Waals surface area contributed by atoms with Crippen molar-refractivity contribution in [1.29, 1.82) is 0 Å². The minimum absolute atomic E-state index is 0.0959. The van der Waals surface area contributed by atoms with Crippen LogP contribution in [0.2, 0.25) is 0 Å². The molecule has 2 heterocycles. The largest absolute Gasteiger partial charge is 0.476 e. The van der Waals surface area contributed by atoms with Gasteiger partial charge in [0.05, 0.1) is 11.9 Å². The maximum Gasteiger partial charge on any atom is 0.355 e. The molecule has 1 amide bonds. The highest BCUT2D eigenvalue weighted by molar-refractivity contribution is 7.12. The number of carbonyl (C=O) groups is 2. The van der Waals surface area contributed by atoms with Crippen LogP contribution in [0.3, 0.4) is 0 Å². The first-order valence-corrected chi connectivity index (χ1v) is 5.04. The number of carboxylic acid groups (broad SMARTS) is 1. The number of aromatic nitrogens is 3. The number of anilines is 1. The van der Waals surface area contributed by atoms with Gasteiger partial charge in [0.15, 0.2) is 10.7 Å². The van der Waals surface area contributed by atoms with Crippen molar-refractivity contribution in [2.24, 2.45) is 0 Å². The van der Waals surface area contributed by atoms with Crippen LogP contribution in [0, 0.1) is 0 Å². The lowest BCUT2D eigenvalue weighted by Crippen LogP contribution is -2.11. The van der Waals surface area contributed by atoms with Gasteiger partial charge in [-0.1, -0.05) is 0 Å². The molecule has 2 aromatic rings. The molecule has 0 bridgehead atoms. The summed E-state index contributed by atoms with van der Waals surface area (Å²) in [5.41, 5.74) is 0.361. The Bertz CT molecular complexity index is 519. The van der Waals surface area contributed by atoms with E-state index in [-0.39, 0.29) is 10.7 Å². The van der Waals surface area contributed by atoms with Crippen molar-refractivity contribution in [3.63, 3.8) is 0 Å². The minimum Gasteiger partial charge on any atom is -0.476 e. The Morgan fingerprint density at radius 1 is 1.50 bits per heavy atom. The highest BCUT2D eigenvalue weighted by Gasteiger charge is 2.14. The second-order valence-corrected chi connectivity index (χ2v) is 3.64. The van der Waals surface area contributed by atoms with E-state index >= 15 is 0 Å². The number of nitrogens with one attached hydrogen (secondary N) is 2. The highest BCUT2D eigenvalue weighted by atomic mass is 32.1. The van der Waals surface area contributed by atoms with Crippen LogP contribution in [0.4, 0.5) is 5.69 Å². The van der Waals surface area contributed by atoms with Crippen molar-refractivity contribution in [2.75, 3.05) is 5.32 Å². The third-order valence-electron chi connectivity index (χ3n) is 1.67. The van der Waals surface area contributed by atoms with Crippen molar-refractivity contribution in [3.8, 4) is 0 Å². The van der Waals surface area contributed by atoms with Crippen LogP contribution < -0.4 is 5.32 Å². The first-order valence-electron chi connectivity index (χ1n) is 4.16. The number of hydrogen-bond acceptors (Lipinski definition) is 5. The van der Waals surface area contributed by atoms with Gasteiger partial charge in [-0.15, -0.1) is 11.3 Å². The van der Waals surface area contributed by atoms with Crippen LogP contribution in [-0.2, 0) is 0 Å². The summed E-state index contributed by atoms with van der Waals surface area (Å²) in [7, 11) is 0. The lowest BCUT2D eigenvalue weighted by Gasteiger charge is -1.96. The second kappa shape index (κ2) is 4.11. The first kappa shape index (κ1) is 10.3. The number of carboxylic acids is 1. The van der Waals surface area contributed by atoms with Crippen LogP contribution in [0.5, 0.6) is 0 Å². The number of amides is 1. The standard InChI is InChI=1S/C8H6N4O3S/c13-6(11-4-1-9-10-2-4)7-12-5(3-16-7)8(14)15/h1-3H,(H,9,10)(H,11,13)(H,14,15). The molecule has 0 aliphatic heterocycles. The Labute approximate surface area is 93.1 Å². The van der Waals surface area contributed by atoms with Crippen molar-refractivity contribution in [1.82, 2.24) is 15.2 Å². The number of hydrogen-bond donors (Lipinski definition) is 3. The van der Waals surface area contributed by atoms with Crippen LogP contribution in [-0.4, -0.2) is 32.2 Å². The molecular formula is C8H6N4O3S. The zero-order valence-electron chi connectivity index (χ0n) is 7.80. The number of aromatic amines is 1. The van der Waals surface area contributed by atoms with Crippen molar-refractivity contribution in [2.45, 2.75) is 0 Å². The van der Waals surface area contributed by atoms with Crippen molar-refractivity contribution >= 4 is 28.9 Å². The van der Waals surface area contributed by atoms with Crippen LogP contribution >= 0.6 is 11.3 Å². The predicted molar refractivity (Wildman–Crippen MR) is 55.6 cm³/mol. The summed E-state index contributed by atoms with van der Waals surface area (Å²) in [6, 6.07) is 0. The van der Waals surface area contributed by atoms with E-state index in [2.05, 4.69) is 20.5 Å². The molecule has 0 atom stereocenters. The number of carbonyl (C=O) groups excluding carboxylic acids is 1. The summed E-state index contributed by atoms with van der Waals surface area (Å²) in [4.78, 5) is 25.8. The molecule has 0 fully saturated rings. The van der Waals surface area contributed by atoms with Gasteiger partial charge in [-0.25, -0.2) is 9.78 Å². The SMILES string of the molecule is O=C(O)c1csc(C(=O)Nc2cn[nH]c2)n1. The summed E-state index contributed by atoms with van der Waals surface area (Å²) in [5, 5.41) is 18.7. The molecule has 82 valence electrons. The van der Waals surface area contributed by atoms with E-state index in [0.717, 1.165) is 11.3 Å². The molecule has 0 saturated carbocycles. The fourth-order valence-corrected chi connectivity index (χ4v) is 1.67. The first-order chi connectivity index (χ1) is 7.66. The van der Waals surface area contributed by atoms with Gasteiger partial charge in [0.2, 0.25) is 0 Å². The van der Waals surface area contributed by atoms with Crippen molar-refractivity contribution in [3.05, 3.63) is 28.5 Å². The Morgan fingerprint density at radius 2 is 2.31 bits per heavy atom. The van der Waals surface area contributed by atoms with E-state index < -0.39 is 11.9 Å². The zero-order valence-corrected chi connectivity index (χ0v) is 8.61. The molecule has 16 heavy (non-hydrogen) atoms. The Morgan fingerprint density at radius 3 is 2.88 bits per heavy atom. The molecule has 0 unspecified atom stereocenters. The summed E-state index contributed by atoms with van der Waals surface area (Å²) >= 11 is 0.973. The van der Waals surface area contributed by atoms with Gasteiger partial charge < -0.3 is 10.4 Å². The van der Waals surface area contributed by atoms with Gasteiger partial charge in [0, 0.05) is 11.6 Å². The minimum atomic E-state index is -1.15. The third-order valence-corrected chi connectivity index (χ3v) is 2.51. The number of H-pyrrole nitrogens is 1. The number of aromatic carboxylic acids is 1. The van der Waals surface area contributed by atoms with Crippen LogP contribution in [0.25, 0.3) is 0 Å². The van der Waals surface area contributed by atoms with Crippen molar-refractivity contribution < 1.29 is 14.7 Å². The van der Waals surface area contributed by atoms with Crippen LogP contribution in [0.1, 0.15) is 20.3 Å². The molecular weight excluding hydrogens is 232 g/mol. The molecule has 0 aromatic carbocycles. The fourth-order valence-electron chi connectivity index (χ4n) is 0.980. The molecule has 0 aliphatic carbocycles. The molecule has 0 aliphatic rings. The molecule has 2 aromatic heterocycles. The van der Waals surface area contributed by atoms with Gasteiger partial charge in [0.25, 0.3) is 5.91 Å². The molecule has 0 saturated heterocycles. The smallest absolute Gasteiger partial charge is 0.355 e. The summed E-state index contributed by atoms with van der Waals surface area (Å²) in [6.45, 7) is 0. The Hall–Kier alpha value is -2.22. The molecule has 0 radical (unpaired) electrons. The summed E-state index contributed by atoms with van der Waals surface area (Å²) < 4.78 is 0. The fraction of sp³-hybridized carbons (Fsp3) is 0. The topological polar surface area (TPSA) is 108 Å². The summed E-state index contributed by atoms with van der Waals surface area (Å²) in [6.07, 6.45) is 2.94. The summed E-state index contributed by atoms with van der Waals surface area (Å²) in [5.74, 6) is -1.61. The van der Waals surface area contributed by atoms with Gasteiger partial charge in [-0.3, -0.25) is 9.89 Å². The Balaban J connectivity index is 2.12. The van der Waals surface area contributed by atoms with E-state index in [1.807, 2.05) is 0 Å². The molecule has 3 N–H and O–H groups in total. The zero-order chi connectivity index (χ0) is 11.5. The van der Waals surface area contributed by atoms with E-state index in [9.17, 15) is 9.59 Å². The molecule has 0 spiro atoms. The highest BCUT2D eigenvalue weighted by Crippen LogP contribution is 2.12. The van der Waals surface area contributed by atoms with E-state index in [1.54, 1.807) is 0 Å². The average molecular weight is 238 g/mol. The molecule has 8 heteroatoms. The van der Waals surface area contributed by atoms with Gasteiger partial charge in [0.1, 0.15) is 0 Å². The normalized spacial score (nSPS) is 10.0. The second-order valence-electron chi connectivity index (χ2n) is 2.78. The Kier molecular flexibility index (Phi) is 2.64. The number of thiazole rings is 1. The quantitative estimate of drug-likeness (QED) is 0.733. The van der Waals surface area contributed by atoms with Crippen LogP contribution in [0.15, 0.2) is 17.8 Å². The average Bonchev–Trinajstić information content (AvgIpc) is 2.86. The van der Waals surface area contributed by atoms with E-state index in [1.165, 1.54) is 17.8 Å². The molecule has 2 rings (SSSR count). The van der Waals surface area contributed by atoms with Gasteiger partial charge in [-0.05, 0) is 0 Å². The van der Waals surface area contributed by atoms with E-state index in [0.29, 0.717) is 5.69 Å². The van der Waals surface area contributed by atoms with Gasteiger partial charge in [-0.2, -0.15) is 5.10 Å². The maximum atomic E-state index is 11.6. The maximum absolute atomic E-state index is 11.6.